The van der Waals surface area contributed by atoms with E-state index in [1.165, 1.54) is 17.7 Å². The van der Waals surface area contributed by atoms with E-state index in [0.29, 0.717) is 32.5 Å². The molecule has 0 unspecified atom stereocenters. The fourth-order valence-electron chi connectivity index (χ4n) is 8.92. The molecule has 0 amide bonds. The van der Waals surface area contributed by atoms with Crippen molar-refractivity contribution in [1.82, 2.24) is 9.88 Å². The van der Waals surface area contributed by atoms with E-state index in [1.54, 1.807) is 18.2 Å². The average Bonchev–Trinajstić information content (AvgIpc) is 4.07. The first-order chi connectivity index (χ1) is 28.4. The molecule has 1 saturated heterocycles. The van der Waals surface area contributed by atoms with Gasteiger partial charge < -0.3 is 29.3 Å². The summed E-state index contributed by atoms with van der Waals surface area (Å²) in [5.41, 5.74) is 4.99. The first kappa shape index (κ1) is 41.9. The molecule has 3 heterocycles. The van der Waals surface area contributed by atoms with Crippen LogP contribution in [-0.2, 0) is 22.6 Å². The number of nitro groups is 1. The lowest BCUT2D eigenvalue weighted by atomic mass is 9.56. The number of allylic oxidation sites excluding steroid dienone is 1. The van der Waals surface area contributed by atoms with Crippen molar-refractivity contribution in [1.29, 1.82) is 0 Å². The van der Waals surface area contributed by atoms with Crippen molar-refractivity contribution in [2.24, 2.45) is 22.9 Å². The first-order valence-electron chi connectivity index (χ1n) is 20.7. The van der Waals surface area contributed by atoms with Gasteiger partial charge in [0, 0.05) is 75.3 Å². The molecule has 2 aliphatic heterocycles. The van der Waals surface area contributed by atoms with E-state index < -0.39 is 10.7 Å². The van der Waals surface area contributed by atoms with Crippen LogP contribution in [-0.4, -0.2) is 93.6 Å². The van der Waals surface area contributed by atoms with Crippen LogP contribution in [0.1, 0.15) is 67.6 Å². The summed E-state index contributed by atoms with van der Waals surface area (Å²) in [7, 11) is 0. The van der Waals surface area contributed by atoms with E-state index in [4.69, 9.17) is 24.2 Å². The molecule has 7 rings (SSSR count). The number of nitrogens with zero attached hydrogens (tertiary/aromatic N) is 4. The van der Waals surface area contributed by atoms with Gasteiger partial charge in [0.25, 0.3) is 5.69 Å². The lowest BCUT2D eigenvalue weighted by molar-refractivity contribution is -0.384. The van der Waals surface area contributed by atoms with Gasteiger partial charge >= 0.3 is 0 Å². The van der Waals surface area contributed by atoms with Gasteiger partial charge in [-0.25, -0.2) is 0 Å². The smallest absolute Gasteiger partial charge is 0.269 e. The number of fused-ring (bicyclic) bond motifs is 2. The normalized spacial score (nSPS) is 25.2. The van der Waals surface area contributed by atoms with Gasteiger partial charge in [-0.15, -0.1) is 6.58 Å². The Bertz CT molecular complexity index is 1890. The van der Waals surface area contributed by atoms with E-state index >= 15 is 0 Å². The predicted molar refractivity (Wildman–Crippen MR) is 225 cm³/mol. The third kappa shape index (κ3) is 9.94. The molecule has 1 saturated carbocycles. The van der Waals surface area contributed by atoms with Crippen LogP contribution in [0.5, 0.6) is 11.5 Å². The van der Waals surface area contributed by atoms with Crippen LogP contribution in [0.4, 0.5) is 5.69 Å². The first-order valence-corrected chi connectivity index (χ1v) is 21.8. The van der Waals surface area contributed by atoms with Gasteiger partial charge in [0.1, 0.15) is 24.7 Å². The number of aliphatic hydroxyl groups excluding tert-OH is 2. The summed E-state index contributed by atoms with van der Waals surface area (Å²) in [4.78, 5) is 23.6. The van der Waals surface area contributed by atoms with Crippen molar-refractivity contribution in [3.63, 3.8) is 0 Å². The lowest BCUT2D eigenvalue weighted by Gasteiger charge is -2.58. The molecule has 2 aliphatic carbocycles. The molecule has 4 aliphatic rings. The molecule has 6 atom stereocenters. The second kappa shape index (κ2) is 20.1. The van der Waals surface area contributed by atoms with Gasteiger partial charge in [-0.3, -0.25) is 20.0 Å². The second-order valence-electron chi connectivity index (χ2n) is 15.6. The standard InChI is InChI=1S/C45H56N4O8S/c1-2-25-55-45-42(58-27-17-32-15-18-46-19-16-32)30-40(47-56-31-33-9-11-35(12-10-33)49(52)53)38-28-34(7-3-5-23-50)37(8-4-6-24-51)43(44(38)45)39-29-36(13-14-41(39)57-45)54-26-22-48-20-21-48/h2,9-16,18-19,28-29,34,37,42-44,50-51H,1,3-8,17,20-27,30-31H2/t34-,37+,42-,43+,44+,45+/m0/s1. The van der Waals surface area contributed by atoms with Crippen LogP contribution in [0.25, 0.3) is 0 Å². The summed E-state index contributed by atoms with van der Waals surface area (Å²) >= 11 is 1.82. The number of aryl methyl sites for hydroxylation is 1. The highest BCUT2D eigenvalue weighted by atomic mass is 32.2. The molecule has 12 nitrogen and oxygen atoms in total. The number of rotatable bonds is 23. The Labute approximate surface area is 345 Å². The average molecular weight is 813 g/mol. The van der Waals surface area contributed by atoms with Crippen LogP contribution >= 0.6 is 11.8 Å². The predicted octanol–water partition coefficient (Wildman–Crippen LogP) is 7.49. The Kier molecular flexibility index (Phi) is 14.5. The minimum absolute atomic E-state index is 0.0239. The maximum atomic E-state index is 11.3. The Morgan fingerprint density at radius 1 is 1.03 bits per heavy atom. The SMILES string of the molecule is C=CCO[C@@]12Oc3ccc(OCCN4CC4)cc3[C@H]3[C@H](CCCCO)[C@@H](CCCCO)C=C(C(=NOCc4ccc([N+](=O)[O-])cc4)C[C@@H]1SCCc1ccncc1)[C@H]32. The van der Waals surface area contributed by atoms with E-state index in [9.17, 15) is 20.3 Å². The fraction of sp³-hybridized carbons (Fsp3) is 0.511. The molecule has 58 heavy (non-hydrogen) atoms. The number of benzene rings is 2. The van der Waals surface area contributed by atoms with Crippen molar-refractivity contribution in [2.45, 2.75) is 74.9 Å². The number of aliphatic hydroxyl groups is 2. The maximum absolute atomic E-state index is 11.3. The minimum atomic E-state index is -1.06. The highest BCUT2D eigenvalue weighted by Gasteiger charge is 2.64. The number of pyridine rings is 1. The number of aromatic nitrogens is 1. The largest absolute Gasteiger partial charge is 0.492 e. The highest BCUT2D eigenvalue weighted by Crippen LogP contribution is 2.62. The quantitative estimate of drug-likeness (QED) is 0.0323. The maximum Gasteiger partial charge on any atom is 0.269 e. The lowest BCUT2D eigenvalue weighted by Crippen LogP contribution is -2.64. The molecule has 2 N–H and O–H groups in total. The molecule has 0 spiro atoms. The summed E-state index contributed by atoms with van der Waals surface area (Å²) in [5, 5.41) is 35.8. The molecular formula is C45H56N4O8S. The number of thioether (sulfide) groups is 1. The molecule has 3 aromatic rings. The van der Waals surface area contributed by atoms with Gasteiger partial charge in [-0.2, -0.15) is 11.8 Å². The Balaban J connectivity index is 1.32. The number of hydrogen-bond donors (Lipinski definition) is 2. The van der Waals surface area contributed by atoms with Crippen molar-refractivity contribution >= 4 is 23.2 Å². The highest BCUT2D eigenvalue weighted by molar-refractivity contribution is 8.00. The minimum Gasteiger partial charge on any atom is -0.492 e. The Hall–Kier alpha value is -4.27. The van der Waals surface area contributed by atoms with E-state index in [1.807, 2.05) is 42.4 Å². The number of nitro benzene ring substituents is 1. The van der Waals surface area contributed by atoms with Gasteiger partial charge in [-0.1, -0.05) is 30.1 Å². The van der Waals surface area contributed by atoms with Gasteiger partial charge in [-0.05, 0) is 109 Å². The zero-order chi connectivity index (χ0) is 40.3. The number of oxime groups is 1. The zero-order valence-electron chi connectivity index (χ0n) is 33.2. The van der Waals surface area contributed by atoms with Crippen LogP contribution < -0.4 is 9.47 Å². The second-order valence-corrected chi connectivity index (χ2v) is 16.9. The van der Waals surface area contributed by atoms with E-state index in [0.717, 1.165) is 91.4 Å². The van der Waals surface area contributed by atoms with Crippen LogP contribution in [0, 0.1) is 27.9 Å². The van der Waals surface area contributed by atoms with E-state index in [-0.39, 0.29) is 54.4 Å². The molecule has 2 fully saturated rings. The summed E-state index contributed by atoms with van der Waals surface area (Å²) in [6, 6.07) is 16.7. The summed E-state index contributed by atoms with van der Waals surface area (Å²) < 4.78 is 20.7. The van der Waals surface area contributed by atoms with Crippen molar-refractivity contribution in [3.05, 3.63) is 118 Å². The summed E-state index contributed by atoms with van der Waals surface area (Å²) in [6.07, 6.45) is 14.1. The molecular weight excluding hydrogens is 757 g/mol. The number of hydrogen-bond acceptors (Lipinski definition) is 12. The van der Waals surface area contributed by atoms with Gasteiger partial charge in [0.15, 0.2) is 0 Å². The van der Waals surface area contributed by atoms with Crippen molar-refractivity contribution < 1.29 is 34.2 Å². The summed E-state index contributed by atoms with van der Waals surface area (Å²) in [6.45, 7) is 8.49. The molecule has 2 aromatic carbocycles. The Morgan fingerprint density at radius 3 is 2.53 bits per heavy atom. The zero-order valence-corrected chi connectivity index (χ0v) is 34.0. The van der Waals surface area contributed by atoms with Crippen LogP contribution in [0.2, 0.25) is 0 Å². The number of ether oxygens (including phenoxy) is 3. The van der Waals surface area contributed by atoms with Gasteiger partial charge in [0.2, 0.25) is 5.79 Å². The molecule has 1 aromatic heterocycles. The third-order valence-corrected chi connectivity index (χ3v) is 13.2. The van der Waals surface area contributed by atoms with E-state index in [2.05, 4.69) is 34.7 Å². The van der Waals surface area contributed by atoms with Crippen LogP contribution in [0.3, 0.4) is 0 Å². The molecule has 13 heteroatoms. The van der Waals surface area contributed by atoms with Crippen molar-refractivity contribution in [3.8, 4) is 11.5 Å². The number of unbranched alkanes of at least 4 members (excludes halogenated alkanes) is 2. The van der Waals surface area contributed by atoms with Crippen molar-refractivity contribution in [2.75, 3.05) is 51.8 Å². The Morgan fingerprint density at radius 2 is 1.81 bits per heavy atom. The molecule has 0 bridgehead atoms. The fourth-order valence-corrected chi connectivity index (χ4v) is 10.3. The molecule has 310 valence electrons. The van der Waals surface area contributed by atoms with Crippen LogP contribution in [0.15, 0.2) is 96.5 Å². The summed E-state index contributed by atoms with van der Waals surface area (Å²) in [5.74, 6) is 1.40. The van der Waals surface area contributed by atoms with Gasteiger partial charge in [0.05, 0.1) is 28.4 Å². The number of non-ortho nitro benzene ring substituents is 1. The topological polar surface area (TPSA) is 149 Å². The third-order valence-electron chi connectivity index (χ3n) is 11.8. The monoisotopic (exact) mass is 812 g/mol. The molecule has 0 radical (unpaired) electrons.